The molecule has 7 heteroatoms. The Hall–Kier alpha value is -1.60. The van der Waals surface area contributed by atoms with Crippen molar-refractivity contribution in [2.75, 3.05) is 10.5 Å². The highest BCUT2D eigenvalue weighted by atomic mass is 79.9. The van der Waals surface area contributed by atoms with E-state index >= 15 is 0 Å². The van der Waals surface area contributed by atoms with Gasteiger partial charge in [0.2, 0.25) is 0 Å². The number of sulfonamides is 1. The first kappa shape index (κ1) is 13.8. The first-order valence-electron chi connectivity index (χ1n) is 5.38. The maximum absolute atomic E-state index is 12.2. The molecular formula is C12H12BrN3O2S. The number of benzene rings is 1. The molecule has 1 aromatic heterocycles. The lowest BCUT2D eigenvalue weighted by molar-refractivity contribution is 0.600. The zero-order valence-corrected chi connectivity index (χ0v) is 12.5. The lowest BCUT2D eigenvalue weighted by Gasteiger charge is -2.11. The van der Waals surface area contributed by atoms with Gasteiger partial charge < -0.3 is 5.73 Å². The van der Waals surface area contributed by atoms with Crippen LogP contribution in [0, 0.1) is 6.92 Å². The van der Waals surface area contributed by atoms with E-state index in [1.54, 1.807) is 25.1 Å². The average Bonchev–Trinajstić information content (AvgIpc) is 2.35. The SMILES string of the molecule is Cc1c(N)cccc1NS(=O)(=O)c1cncc(Br)c1. The van der Waals surface area contributed by atoms with Gasteiger partial charge in [-0.1, -0.05) is 6.07 Å². The Morgan fingerprint density at radius 2 is 2.05 bits per heavy atom. The summed E-state index contributed by atoms with van der Waals surface area (Å²) >= 11 is 3.19. The summed E-state index contributed by atoms with van der Waals surface area (Å²) in [6.45, 7) is 1.76. The van der Waals surface area contributed by atoms with Crippen LogP contribution in [0.5, 0.6) is 0 Å². The van der Waals surface area contributed by atoms with Gasteiger partial charge in [0.15, 0.2) is 0 Å². The summed E-state index contributed by atoms with van der Waals surface area (Å²) in [6, 6.07) is 6.55. The van der Waals surface area contributed by atoms with Gasteiger partial charge >= 0.3 is 0 Å². The fraction of sp³-hybridized carbons (Fsp3) is 0.0833. The topological polar surface area (TPSA) is 85.1 Å². The maximum Gasteiger partial charge on any atom is 0.263 e. The molecule has 0 aliphatic rings. The summed E-state index contributed by atoms with van der Waals surface area (Å²) in [5.74, 6) is 0. The van der Waals surface area contributed by atoms with Crippen LogP contribution in [-0.4, -0.2) is 13.4 Å². The molecule has 0 unspecified atom stereocenters. The number of pyridine rings is 1. The fourth-order valence-corrected chi connectivity index (χ4v) is 3.13. The van der Waals surface area contributed by atoms with Gasteiger partial charge in [-0.3, -0.25) is 9.71 Å². The molecule has 0 bridgehead atoms. The molecule has 0 aliphatic heterocycles. The van der Waals surface area contributed by atoms with Crippen LogP contribution in [-0.2, 0) is 10.0 Å². The lowest BCUT2D eigenvalue weighted by Crippen LogP contribution is -2.14. The third kappa shape index (κ3) is 3.05. The predicted octanol–water partition coefficient (Wildman–Crippen LogP) is 2.54. The van der Waals surface area contributed by atoms with E-state index in [0.29, 0.717) is 21.4 Å². The number of aromatic nitrogens is 1. The second-order valence-electron chi connectivity index (χ2n) is 3.96. The standard InChI is InChI=1S/C12H12BrN3O2S/c1-8-11(14)3-2-4-12(8)16-19(17,18)10-5-9(13)6-15-7-10/h2-7,16H,14H2,1H3. The van der Waals surface area contributed by atoms with Gasteiger partial charge in [-0.2, -0.15) is 0 Å². The third-order valence-corrected chi connectivity index (χ3v) is 4.38. The van der Waals surface area contributed by atoms with Gasteiger partial charge in [-0.25, -0.2) is 8.42 Å². The molecule has 0 atom stereocenters. The molecule has 0 saturated heterocycles. The zero-order valence-electron chi connectivity index (χ0n) is 10.1. The molecule has 1 heterocycles. The molecule has 2 rings (SSSR count). The number of halogens is 1. The van der Waals surface area contributed by atoms with E-state index in [-0.39, 0.29) is 4.90 Å². The minimum Gasteiger partial charge on any atom is -0.398 e. The maximum atomic E-state index is 12.2. The highest BCUT2D eigenvalue weighted by Gasteiger charge is 2.16. The van der Waals surface area contributed by atoms with Crippen LogP contribution < -0.4 is 10.5 Å². The predicted molar refractivity (Wildman–Crippen MR) is 78.3 cm³/mol. The number of hydrogen-bond donors (Lipinski definition) is 2. The Morgan fingerprint density at radius 1 is 1.32 bits per heavy atom. The number of nitrogens with zero attached hydrogens (tertiary/aromatic N) is 1. The number of anilines is 2. The Labute approximate surface area is 120 Å². The molecule has 19 heavy (non-hydrogen) atoms. The highest BCUT2D eigenvalue weighted by molar-refractivity contribution is 9.10. The number of nitrogen functional groups attached to an aromatic ring is 1. The van der Waals surface area contributed by atoms with Gasteiger partial charge in [0.05, 0.1) is 5.69 Å². The van der Waals surface area contributed by atoms with E-state index in [1.807, 2.05) is 0 Å². The van der Waals surface area contributed by atoms with Crippen molar-refractivity contribution in [3.63, 3.8) is 0 Å². The molecule has 0 amide bonds. The van der Waals surface area contributed by atoms with Crippen molar-refractivity contribution in [1.82, 2.24) is 4.98 Å². The number of rotatable bonds is 3. The van der Waals surface area contributed by atoms with Crippen molar-refractivity contribution in [2.45, 2.75) is 11.8 Å². The van der Waals surface area contributed by atoms with Crippen molar-refractivity contribution in [1.29, 1.82) is 0 Å². The molecular weight excluding hydrogens is 330 g/mol. The van der Waals surface area contributed by atoms with Gasteiger partial charge in [-0.05, 0) is 46.6 Å². The zero-order chi connectivity index (χ0) is 14.0. The van der Waals surface area contributed by atoms with Crippen molar-refractivity contribution < 1.29 is 8.42 Å². The van der Waals surface area contributed by atoms with E-state index < -0.39 is 10.0 Å². The molecule has 0 radical (unpaired) electrons. The molecule has 0 aliphatic carbocycles. The van der Waals surface area contributed by atoms with Crippen molar-refractivity contribution >= 4 is 37.3 Å². The first-order valence-corrected chi connectivity index (χ1v) is 7.66. The molecule has 0 saturated carbocycles. The minimum atomic E-state index is -3.67. The van der Waals surface area contributed by atoms with Crippen LogP contribution in [0.25, 0.3) is 0 Å². The Kier molecular flexibility index (Phi) is 3.77. The van der Waals surface area contributed by atoms with E-state index in [4.69, 9.17) is 5.73 Å². The van der Waals surface area contributed by atoms with Crippen molar-refractivity contribution in [2.24, 2.45) is 0 Å². The smallest absolute Gasteiger partial charge is 0.263 e. The summed E-state index contributed by atoms with van der Waals surface area (Å²) in [6.07, 6.45) is 2.81. The van der Waals surface area contributed by atoms with Crippen molar-refractivity contribution in [3.8, 4) is 0 Å². The van der Waals surface area contributed by atoms with Crippen LogP contribution in [0.1, 0.15) is 5.56 Å². The van der Waals surface area contributed by atoms with E-state index in [9.17, 15) is 8.42 Å². The number of hydrogen-bond acceptors (Lipinski definition) is 4. The van der Waals surface area contributed by atoms with E-state index in [0.717, 1.165) is 0 Å². The second kappa shape index (κ2) is 5.18. The molecule has 0 spiro atoms. The third-order valence-electron chi connectivity index (χ3n) is 2.61. The summed E-state index contributed by atoms with van der Waals surface area (Å²) in [5, 5.41) is 0. The molecule has 3 N–H and O–H groups in total. The fourth-order valence-electron chi connectivity index (χ4n) is 1.51. The van der Waals surface area contributed by atoms with Gasteiger partial charge in [-0.15, -0.1) is 0 Å². The van der Waals surface area contributed by atoms with Gasteiger partial charge in [0, 0.05) is 22.6 Å². The van der Waals surface area contributed by atoms with Crippen molar-refractivity contribution in [3.05, 3.63) is 46.7 Å². The lowest BCUT2D eigenvalue weighted by atomic mass is 10.2. The van der Waals surface area contributed by atoms with Crippen LogP contribution in [0.15, 0.2) is 46.0 Å². The van der Waals surface area contributed by atoms with Crippen LogP contribution in [0.3, 0.4) is 0 Å². The van der Waals surface area contributed by atoms with Crippen LogP contribution >= 0.6 is 15.9 Å². The molecule has 2 aromatic rings. The first-order chi connectivity index (χ1) is 8.90. The normalized spacial score (nSPS) is 11.3. The Bertz CT molecular complexity index is 717. The number of nitrogens with one attached hydrogen (secondary N) is 1. The van der Waals surface area contributed by atoms with Crippen LogP contribution in [0.2, 0.25) is 0 Å². The largest absolute Gasteiger partial charge is 0.398 e. The quantitative estimate of drug-likeness (QED) is 0.840. The summed E-state index contributed by atoms with van der Waals surface area (Å²) in [5.41, 5.74) is 7.43. The van der Waals surface area contributed by atoms with Gasteiger partial charge in [0.25, 0.3) is 10.0 Å². The molecule has 5 nitrogen and oxygen atoms in total. The monoisotopic (exact) mass is 341 g/mol. The molecule has 0 fully saturated rings. The second-order valence-corrected chi connectivity index (χ2v) is 6.56. The Balaban J connectivity index is 2.39. The van der Waals surface area contributed by atoms with Gasteiger partial charge in [0.1, 0.15) is 4.90 Å². The molecule has 1 aromatic carbocycles. The summed E-state index contributed by atoms with van der Waals surface area (Å²) < 4.78 is 27.5. The summed E-state index contributed by atoms with van der Waals surface area (Å²) in [7, 11) is -3.67. The minimum absolute atomic E-state index is 0.0868. The molecule has 100 valence electrons. The highest BCUT2D eigenvalue weighted by Crippen LogP contribution is 2.24. The average molecular weight is 342 g/mol. The number of nitrogens with two attached hydrogens (primary N) is 1. The summed E-state index contributed by atoms with van der Waals surface area (Å²) in [4.78, 5) is 3.93. The van der Waals surface area contributed by atoms with E-state index in [1.165, 1.54) is 18.5 Å². The van der Waals surface area contributed by atoms with E-state index in [2.05, 4.69) is 25.6 Å². The van der Waals surface area contributed by atoms with Crippen LogP contribution in [0.4, 0.5) is 11.4 Å². The Morgan fingerprint density at radius 3 is 2.74 bits per heavy atom.